The highest BCUT2D eigenvalue weighted by Crippen LogP contribution is 2.31. The van der Waals surface area contributed by atoms with Crippen molar-refractivity contribution in [2.45, 2.75) is 6.43 Å². The van der Waals surface area contributed by atoms with Crippen molar-refractivity contribution >= 4 is 0 Å². The standard InChI is InChI=1S/C13H10F2O/c14-13(15)11-8-4-5-9-12(11)16-10-6-2-1-3-7-10/h1-9,13H. The highest BCUT2D eigenvalue weighted by Gasteiger charge is 2.13. The Kier molecular flexibility index (Phi) is 3.15. The van der Waals surface area contributed by atoms with E-state index in [1.165, 1.54) is 12.1 Å². The summed E-state index contributed by atoms with van der Waals surface area (Å²) in [4.78, 5) is 0. The number of alkyl halides is 2. The minimum absolute atomic E-state index is 0.0913. The zero-order valence-electron chi connectivity index (χ0n) is 8.44. The predicted octanol–water partition coefficient (Wildman–Crippen LogP) is 4.42. The van der Waals surface area contributed by atoms with Crippen LogP contribution >= 0.6 is 0 Å². The average molecular weight is 220 g/mol. The molecule has 0 aliphatic carbocycles. The van der Waals surface area contributed by atoms with Crippen LogP contribution in [0.1, 0.15) is 12.0 Å². The van der Waals surface area contributed by atoms with Crippen LogP contribution in [0.3, 0.4) is 0 Å². The van der Waals surface area contributed by atoms with Crippen molar-refractivity contribution in [3.8, 4) is 11.5 Å². The van der Waals surface area contributed by atoms with Crippen molar-refractivity contribution in [1.29, 1.82) is 0 Å². The van der Waals surface area contributed by atoms with Gasteiger partial charge in [0.15, 0.2) is 0 Å². The third-order valence-electron chi connectivity index (χ3n) is 2.13. The van der Waals surface area contributed by atoms with Gasteiger partial charge in [-0.3, -0.25) is 0 Å². The van der Waals surface area contributed by atoms with E-state index in [9.17, 15) is 8.78 Å². The molecule has 16 heavy (non-hydrogen) atoms. The molecule has 0 spiro atoms. The van der Waals surface area contributed by atoms with Crippen LogP contribution in [0.15, 0.2) is 54.6 Å². The number of ether oxygens (including phenoxy) is 1. The second-order valence-electron chi connectivity index (χ2n) is 3.25. The summed E-state index contributed by atoms with van der Waals surface area (Å²) < 4.78 is 30.7. The van der Waals surface area contributed by atoms with Crippen LogP contribution in [0.2, 0.25) is 0 Å². The monoisotopic (exact) mass is 220 g/mol. The minimum atomic E-state index is -2.53. The summed E-state index contributed by atoms with van der Waals surface area (Å²) in [5.41, 5.74) is -0.0913. The molecule has 3 heteroatoms. The molecule has 0 heterocycles. The Morgan fingerprint density at radius 1 is 0.812 bits per heavy atom. The lowest BCUT2D eigenvalue weighted by Crippen LogP contribution is -1.91. The summed E-state index contributed by atoms with van der Waals surface area (Å²) in [6.45, 7) is 0. The maximum Gasteiger partial charge on any atom is 0.267 e. The van der Waals surface area contributed by atoms with Crippen LogP contribution in [-0.4, -0.2) is 0 Å². The molecule has 0 N–H and O–H groups in total. The smallest absolute Gasteiger partial charge is 0.267 e. The van der Waals surface area contributed by atoms with Gasteiger partial charge in [0, 0.05) is 0 Å². The Balaban J connectivity index is 2.28. The summed E-state index contributed by atoms with van der Waals surface area (Å²) in [7, 11) is 0. The van der Waals surface area contributed by atoms with Crippen molar-refractivity contribution in [2.24, 2.45) is 0 Å². The van der Waals surface area contributed by atoms with E-state index >= 15 is 0 Å². The van der Waals surface area contributed by atoms with Gasteiger partial charge in [-0.25, -0.2) is 8.78 Å². The van der Waals surface area contributed by atoms with Crippen LogP contribution in [0, 0.1) is 0 Å². The van der Waals surface area contributed by atoms with Gasteiger partial charge in [0.05, 0.1) is 5.56 Å². The second-order valence-corrected chi connectivity index (χ2v) is 3.25. The topological polar surface area (TPSA) is 9.23 Å². The zero-order chi connectivity index (χ0) is 11.4. The molecule has 2 aromatic rings. The van der Waals surface area contributed by atoms with Gasteiger partial charge >= 0.3 is 0 Å². The van der Waals surface area contributed by atoms with Gasteiger partial charge in [-0.15, -0.1) is 0 Å². The fourth-order valence-electron chi connectivity index (χ4n) is 1.37. The Morgan fingerprint density at radius 3 is 2.12 bits per heavy atom. The largest absolute Gasteiger partial charge is 0.457 e. The first-order valence-electron chi connectivity index (χ1n) is 4.87. The van der Waals surface area contributed by atoms with Gasteiger partial charge in [-0.1, -0.05) is 30.3 Å². The Bertz CT molecular complexity index is 454. The number of benzene rings is 2. The van der Waals surface area contributed by atoms with E-state index in [4.69, 9.17) is 4.74 Å². The summed E-state index contributed by atoms with van der Waals surface area (Å²) in [5, 5.41) is 0. The van der Waals surface area contributed by atoms with E-state index in [0.717, 1.165) is 0 Å². The molecule has 0 fully saturated rings. The Hall–Kier alpha value is -1.90. The fraction of sp³-hybridized carbons (Fsp3) is 0.0769. The molecule has 0 saturated carbocycles. The van der Waals surface area contributed by atoms with Gasteiger partial charge in [-0.05, 0) is 24.3 Å². The molecular formula is C13H10F2O. The highest BCUT2D eigenvalue weighted by atomic mass is 19.3. The van der Waals surface area contributed by atoms with Crippen molar-refractivity contribution < 1.29 is 13.5 Å². The van der Waals surface area contributed by atoms with E-state index in [0.29, 0.717) is 5.75 Å². The minimum Gasteiger partial charge on any atom is -0.457 e. The van der Waals surface area contributed by atoms with Crippen LogP contribution in [0.4, 0.5) is 8.78 Å². The van der Waals surface area contributed by atoms with Gasteiger partial charge < -0.3 is 4.74 Å². The number of halogens is 2. The first-order chi connectivity index (χ1) is 7.77. The van der Waals surface area contributed by atoms with Crippen molar-refractivity contribution in [1.82, 2.24) is 0 Å². The summed E-state index contributed by atoms with van der Waals surface area (Å²) in [5.74, 6) is 0.749. The molecule has 0 aromatic heterocycles. The van der Waals surface area contributed by atoms with Crippen molar-refractivity contribution in [3.63, 3.8) is 0 Å². The average Bonchev–Trinajstić information content (AvgIpc) is 2.31. The quantitative estimate of drug-likeness (QED) is 0.744. The molecule has 1 nitrogen and oxygen atoms in total. The molecule has 2 rings (SSSR count). The van der Waals surface area contributed by atoms with Gasteiger partial charge in [0.2, 0.25) is 0 Å². The van der Waals surface area contributed by atoms with E-state index in [1.54, 1.807) is 36.4 Å². The molecule has 0 radical (unpaired) electrons. The lowest BCUT2D eigenvalue weighted by atomic mass is 10.2. The van der Waals surface area contributed by atoms with E-state index in [-0.39, 0.29) is 11.3 Å². The summed E-state index contributed by atoms with van der Waals surface area (Å²) in [6.07, 6.45) is -2.53. The molecule has 2 aromatic carbocycles. The molecule has 0 unspecified atom stereocenters. The molecular weight excluding hydrogens is 210 g/mol. The molecule has 0 aliphatic rings. The Morgan fingerprint density at radius 2 is 1.44 bits per heavy atom. The molecule has 0 amide bonds. The normalized spacial score (nSPS) is 10.4. The second kappa shape index (κ2) is 4.75. The van der Waals surface area contributed by atoms with Crippen LogP contribution in [0.5, 0.6) is 11.5 Å². The van der Waals surface area contributed by atoms with Gasteiger partial charge in [0.1, 0.15) is 11.5 Å². The van der Waals surface area contributed by atoms with E-state index in [1.807, 2.05) is 6.07 Å². The first kappa shape index (κ1) is 10.6. The molecule has 0 bridgehead atoms. The first-order valence-corrected chi connectivity index (χ1v) is 4.87. The van der Waals surface area contributed by atoms with E-state index in [2.05, 4.69) is 0 Å². The van der Waals surface area contributed by atoms with Crippen LogP contribution < -0.4 is 4.74 Å². The number of rotatable bonds is 3. The predicted molar refractivity (Wildman–Crippen MR) is 57.9 cm³/mol. The lowest BCUT2D eigenvalue weighted by Gasteiger charge is -2.09. The van der Waals surface area contributed by atoms with Gasteiger partial charge in [-0.2, -0.15) is 0 Å². The molecule has 0 aliphatic heterocycles. The van der Waals surface area contributed by atoms with E-state index < -0.39 is 6.43 Å². The summed E-state index contributed by atoms with van der Waals surface area (Å²) in [6, 6.07) is 15.0. The third kappa shape index (κ3) is 2.37. The maximum absolute atomic E-state index is 12.7. The van der Waals surface area contributed by atoms with Gasteiger partial charge in [0.25, 0.3) is 6.43 Å². The SMILES string of the molecule is FC(F)c1ccccc1Oc1ccccc1. The fourth-order valence-corrected chi connectivity index (χ4v) is 1.37. The maximum atomic E-state index is 12.7. The Labute approximate surface area is 92.3 Å². The zero-order valence-corrected chi connectivity index (χ0v) is 8.44. The third-order valence-corrected chi connectivity index (χ3v) is 2.13. The van der Waals surface area contributed by atoms with Crippen molar-refractivity contribution in [3.05, 3.63) is 60.2 Å². The number of hydrogen-bond acceptors (Lipinski definition) is 1. The van der Waals surface area contributed by atoms with Crippen LogP contribution in [-0.2, 0) is 0 Å². The molecule has 82 valence electrons. The lowest BCUT2D eigenvalue weighted by molar-refractivity contribution is 0.148. The molecule has 0 saturated heterocycles. The highest BCUT2D eigenvalue weighted by molar-refractivity contribution is 5.38. The van der Waals surface area contributed by atoms with Crippen LogP contribution in [0.25, 0.3) is 0 Å². The summed E-state index contributed by atoms with van der Waals surface area (Å²) >= 11 is 0. The molecule has 0 atom stereocenters. The number of hydrogen-bond donors (Lipinski definition) is 0. The van der Waals surface area contributed by atoms with Crippen molar-refractivity contribution in [2.75, 3.05) is 0 Å². The number of para-hydroxylation sites is 2.